The molecule has 0 fully saturated rings. The summed E-state index contributed by atoms with van der Waals surface area (Å²) in [4.78, 5) is 27.4. The number of aliphatic imine (C=N–C) groups is 1. The van der Waals surface area contributed by atoms with Gasteiger partial charge in [0.2, 0.25) is 5.91 Å². The van der Waals surface area contributed by atoms with Gasteiger partial charge >= 0.3 is 5.97 Å². The van der Waals surface area contributed by atoms with E-state index in [9.17, 15) is 9.59 Å². The van der Waals surface area contributed by atoms with Crippen molar-refractivity contribution in [3.63, 3.8) is 0 Å². The molecule has 0 aliphatic heterocycles. The standard InChI is InChI=1S/C13H17N3O3/c1-16(2)10-5-3-9(4-6-10)8-15-11(13(18)19)7-12(14)17/h3-6,8,11H,7H2,1-2H3,(H2,14,17)(H,18,19). The molecule has 0 heterocycles. The SMILES string of the molecule is CN(C)c1ccc(C=NC(CC(N)=O)C(=O)O)cc1. The van der Waals surface area contributed by atoms with E-state index in [0.717, 1.165) is 11.3 Å². The van der Waals surface area contributed by atoms with Gasteiger partial charge in [0.15, 0.2) is 6.04 Å². The molecular weight excluding hydrogens is 246 g/mol. The summed E-state index contributed by atoms with van der Waals surface area (Å²) >= 11 is 0. The van der Waals surface area contributed by atoms with Gasteiger partial charge in [0, 0.05) is 26.0 Å². The number of amides is 1. The van der Waals surface area contributed by atoms with Crippen LogP contribution in [-0.4, -0.2) is 43.3 Å². The van der Waals surface area contributed by atoms with E-state index < -0.39 is 17.9 Å². The van der Waals surface area contributed by atoms with Crippen molar-refractivity contribution in [1.82, 2.24) is 0 Å². The fourth-order valence-electron chi connectivity index (χ4n) is 1.43. The van der Waals surface area contributed by atoms with Crippen molar-refractivity contribution in [1.29, 1.82) is 0 Å². The lowest BCUT2D eigenvalue weighted by Gasteiger charge is -2.11. The number of carboxylic acid groups (broad SMARTS) is 1. The van der Waals surface area contributed by atoms with Crippen LogP contribution < -0.4 is 10.6 Å². The van der Waals surface area contributed by atoms with E-state index in [1.807, 2.05) is 43.3 Å². The van der Waals surface area contributed by atoms with Crippen molar-refractivity contribution >= 4 is 23.8 Å². The highest BCUT2D eigenvalue weighted by Gasteiger charge is 2.17. The zero-order valence-electron chi connectivity index (χ0n) is 10.9. The number of carboxylic acids is 1. The van der Waals surface area contributed by atoms with Gasteiger partial charge in [-0.25, -0.2) is 4.79 Å². The summed E-state index contributed by atoms with van der Waals surface area (Å²) in [6, 6.07) is 6.30. The summed E-state index contributed by atoms with van der Waals surface area (Å²) in [6.45, 7) is 0. The average Bonchev–Trinajstić information content (AvgIpc) is 2.34. The molecular formula is C13H17N3O3. The molecule has 0 bridgehead atoms. The lowest BCUT2D eigenvalue weighted by Crippen LogP contribution is -2.25. The van der Waals surface area contributed by atoms with Gasteiger partial charge < -0.3 is 15.7 Å². The molecule has 102 valence electrons. The fraction of sp³-hybridized carbons (Fsp3) is 0.308. The molecule has 0 aromatic heterocycles. The van der Waals surface area contributed by atoms with Crippen molar-refractivity contribution in [3.8, 4) is 0 Å². The number of nitrogens with zero attached hydrogens (tertiary/aromatic N) is 2. The third-order valence-corrected chi connectivity index (χ3v) is 2.49. The molecule has 0 radical (unpaired) electrons. The third-order valence-electron chi connectivity index (χ3n) is 2.49. The van der Waals surface area contributed by atoms with Crippen LogP contribution in [0.1, 0.15) is 12.0 Å². The molecule has 1 unspecified atom stereocenters. The molecule has 1 amide bonds. The zero-order chi connectivity index (χ0) is 14.4. The number of benzene rings is 1. The Kier molecular flexibility index (Phi) is 5.05. The van der Waals surface area contributed by atoms with Gasteiger partial charge in [-0.05, 0) is 17.7 Å². The van der Waals surface area contributed by atoms with Crippen molar-refractivity contribution < 1.29 is 14.7 Å². The number of nitrogens with two attached hydrogens (primary N) is 1. The Morgan fingerprint density at radius 1 is 1.37 bits per heavy atom. The van der Waals surface area contributed by atoms with Gasteiger partial charge in [-0.1, -0.05) is 12.1 Å². The first kappa shape index (κ1) is 14.7. The highest BCUT2D eigenvalue weighted by atomic mass is 16.4. The highest BCUT2D eigenvalue weighted by Crippen LogP contribution is 2.11. The number of aliphatic carboxylic acids is 1. The molecule has 0 saturated carbocycles. The van der Waals surface area contributed by atoms with Gasteiger partial charge in [0.05, 0.1) is 6.42 Å². The smallest absolute Gasteiger partial charge is 0.328 e. The monoisotopic (exact) mass is 263 g/mol. The van der Waals surface area contributed by atoms with E-state index >= 15 is 0 Å². The topological polar surface area (TPSA) is 96.0 Å². The minimum atomic E-state index is -1.17. The lowest BCUT2D eigenvalue weighted by molar-refractivity contribution is -0.140. The van der Waals surface area contributed by atoms with Gasteiger partial charge in [0.1, 0.15) is 0 Å². The zero-order valence-corrected chi connectivity index (χ0v) is 10.9. The first-order chi connectivity index (χ1) is 8.90. The number of hydrogen-bond donors (Lipinski definition) is 2. The molecule has 1 rings (SSSR count). The number of rotatable bonds is 6. The maximum absolute atomic E-state index is 10.9. The van der Waals surface area contributed by atoms with Crippen LogP contribution in [0.5, 0.6) is 0 Å². The number of primary amides is 1. The Morgan fingerprint density at radius 3 is 2.37 bits per heavy atom. The Balaban J connectivity index is 2.78. The van der Waals surface area contributed by atoms with Crippen molar-refractivity contribution in [3.05, 3.63) is 29.8 Å². The third kappa shape index (κ3) is 4.79. The van der Waals surface area contributed by atoms with Crippen LogP contribution in [0.3, 0.4) is 0 Å². The van der Waals surface area contributed by atoms with Crippen molar-refractivity contribution in [2.24, 2.45) is 10.7 Å². The number of hydrogen-bond acceptors (Lipinski definition) is 4. The van der Waals surface area contributed by atoms with Crippen LogP contribution in [0.15, 0.2) is 29.3 Å². The van der Waals surface area contributed by atoms with E-state index in [-0.39, 0.29) is 6.42 Å². The Hall–Kier alpha value is -2.37. The molecule has 0 saturated heterocycles. The number of anilines is 1. The Bertz CT molecular complexity index is 480. The van der Waals surface area contributed by atoms with Gasteiger partial charge in [-0.3, -0.25) is 9.79 Å². The highest BCUT2D eigenvalue weighted by molar-refractivity contribution is 5.87. The molecule has 1 atom stereocenters. The molecule has 0 aliphatic carbocycles. The first-order valence-corrected chi connectivity index (χ1v) is 5.72. The van der Waals surface area contributed by atoms with Gasteiger partial charge in [-0.15, -0.1) is 0 Å². The average molecular weight is 263 g/mol. The van der Waals surface area contributed by atoms with Crippen molar-refractivity contribution in [2.75, 3.05) is 19.0 Å². The van der Waals surface area contributed by atoms with E-state index in [1.165, 1.54) is 6.21 Å². The number of carbonyl (C=O) groups excluding carboxylic acids is 1. The summed E-state index contributed by atoms with van der Waals surface area (Å²) in [5, 5.41) is 8.89. The first-order valence-electron chi connectivity index (χ1n) is 5.72. The predicted octanol–water partition coefficient (Wildman–Crippen LogP) is 0.500. The second-order valence-corrected chi connectivity index (χ2v) is 4.29. The summed E-state index contributed by atoms with van der Waals surface area (Å²) in [5.74, 6) is -1.85. The summed E-state index contributed by atoms with van der Waals surface area (Å²) in [6.07, 6.45) is 1.13. The molecule has 0 spiro atoms. The Morgan fingerprint density at radius 2 is 1.95 bits per heavy atom. The van der Waals surface area contributed by atoms with Crippen LogP contribution in [0, 0.1) is 0 Å². The van der Waals surface area contributed by atoms with E-state index in [4.69, 9.17) is 10.8 Å². The van der Waals surface area contributed by atoms with Crippen molar-refractivity contribution in [2.45, 2.75) is 12.5 Å². The van der Waals surface area contributed by atoms with Gasteiger partial charge in [-0.2, -0.15) is 0 Å². The van der Waals surface area contributed by atoms with Crippen LogP contribution in [0.4, 0.5) is 5.69 Å². The van der Waals surface area contributed by atoms with E-state index in [2.05, 4.69) is 4.99 Å². The van der Waals surface area contributed by atoms with E-state index in [1.54, 1.807) is 0 Å². The lowest BCUT2D eigenvalue weighted by atomic mass is 10.2. The fourth-order valence-corrected chi connectivity index (χ4v) is 1.43. The van der Waals surface area contributed by atoms with E-state index in [0.29, 0.717) is 0 Å². The minimum Gasteiger partial charge on any atom is -0.480 e. The number of carbonyl (C=O) groups is 2. The van der Waals surface area contributed by atoms with Crippen LogP contribution in [0.25, 0.3) is 0 Å². The predicted molar refractivity (Wildman–Crippen MR) is 73.6 cm³/mol. The summed E-state index contributed by atoms with van der Waals surface area (Å²) < 4.78 is 0. The minimum absolute atomic E-state index is 0.304. The Labute approximate surface area is 111 Å². The molecule has 0 aliphatic rings. The van der Waals surface area contributed by atoms with Crippen LogP contribution >= 0.6 is 0 Å². The second kappa shape index (κ2) is 6.53. The largest absolute Gasteiger partial charge is 0.480 e. The quantitative estimate of drug-likeness (QED) is 0.730. The van der Waals surface area contributed by atoms with Crippen LogP contribution in [-0.2, 0) is 9.59 Å². The van der Waals surface area contributed by atoms with Gasteiger partial charge in [0.25, 0.3) is 0 Å². The summed E-state index contributed by atoms with van der Waals surface area (Å²) in [7, 11) is 3.85. The maximum Gasteiger partial charge on any atom is 0.328 e. The molecule has 1 aromatic rings. The normalized spacial score (nSPS) is 12.3. The summed E-state index contributed by atoms with van der Waals surface area (Å²) in [5.41, 5.74) is 6.77. The maximum atomic E-state index is 10.9. The molecule has 19 heavy (non-hydrogen) atoms. The molecule has 1 aromatic carbocycles. The second-order valence-electron chi connectivity index (χ2n) is 4.29. The molecule has 3 N–H and O–H groups in total. The molecule has 6 heteroatoms. The molecule has 6 nitrogen and oxygen atoms in total. The van der Waals surface area contributed by atoms with Crippen LogP contribution in [0.2, 0.25) is 0 Å².